The van der Waals surface area contributed by atoms with Gasteiger partial charge in [0.05, 0.1) is 10.7 Å². The van der Waals surface area contributed by atoms with Gasteiger partial charge < -0.3 is 10.4 Å². The van der Waals surface area contributed by atoms with Crippen molar-refractivity contribution in [1.29, 1.82) is 0 Å². The number of aromatic nitrogens is 1. The second kappa shape index (κ2) is 5.90. The van der Waals surface area contributed by atoms with E-state index in [2.05, 4.69) is 12.2 Å². The SMILES string of the molecule is CCc1nc2c(s1)[C@H](N[C@H]1CCC[C@H]1CO)CCC2. The summed E-state index contributed by atoms with van der Waals surface area (Å²) in [5.41, 5.74) is 1.34. The van der Waals surface area contributed by atoms with Crippen LogP contribution >= 0.6 is 11.3 Å². The first-order valence-electron chi connectivity index (χ1n) is 7.67. The molecular formula is C15H24N2OS. The van der Waals surface area contributed by atoms with Gasteiger partial charge in [0.15, 0.2) is 0 Å². The fraction of sp³-hybridized carbons (Fsp3) is 0.800. The van der Waals surface area contributed by atoms with Crippen LogP contribution in [0.2, 0.25) is 0 Å². The molecule has 0 amide bonds. The van der Waals surface area contributed by atoms with Crippen LogP contribution in [-0.4, -0.2) is 22.7 Å². The second-order valence-electron chi connectivity index (χ2n) is 5.86. The molecule has 2 aliphatic rings. The molecule has 0 saturated heterocycles. The molecule has 3 rings (SSSR count). The summed E-state index contributed by atoms with van der Waals surface area (Å²) in [4.78, 5) is 6.24. The molecule has 0 aliphatic heterocycles. The molecule has 1 heterocycles. The standard InChI is InChI=1S/C15H24N2OS/c1-2-14-17-13-8-4-7-12(15(13)19-14)16-11-6-3-5-10(11)9-18/h10-12,16,18H,2-9H2,1H3/t10-,11-,12+/m0/s1. The highest BCUT2D eigenvalue weighted by Crippen LogP contribution is 2.36. The number of aliphatic hydroxyl groups is 1. The van der Waals surface area contributed by atoms with Crippen molar-refractivity contribution in [1.82, 2.24) is 10.3 Å². The van der Waals surface area contributed by atoms with Crippen LogP contribution in [0.4, 0.5) is 0 Å². The van der Waals surface area contributed by atoms with Gasteiger partial charge in [-0.15, -0.1) is 11.3 Å². The minimum Gasteiger partial charge on any atom is -0.396 e. The number of hydrogen-bond acceptors (Lipinski definition) is 4. The molecule has 1 fully saturated rings. The number of aryl methyl sites for hydroxylation is 2. The zero-order valence-electron chi connectivity index (χ0n) is 11.7. The van der Waals surface area contributed by atoms with Crippen LogP contribution in [0.5, 0.6) is 0 Å². The van der Waals surface area contributed by atoms with E-state index in [0.717, 1.165) is 12.8 Å². The van der Waals surface area contributed by atoms with Gasteiger partial charge in [0.1, 0.15) is 0 Å². The lowest BCUT2D eigenvalue weighted by Gasteiger charge is -2.28. The molecule has 1 aromatic rings. The van der Waals surface area contributed by atoms with Gasteiger partial charge in [0.2, 0.25) is 0 Å². The Hall–Kier alpha value is -0.450. The predicted octanol–water partition coefficient (Wildman–Crippen LogP) is 2.83. The van der Waals surface area contributed by atoms with Crippen molar-refractivity contribution in [3.05, 3.63) is 15.6 Å². The predicted molar refractivity (Wildman–Crippen MR) is 78.5 cm³/mol. The maximum atomic E-state index is 9.45. The lowest BCUT2D eigenvalue weighted by Crippen LogP contribution is -2.37. The Bertz CT molecular complexity index is 432. The summed E-state index contributed by atoms with van der Waals surface area (Å²) < 4.78 is 0. The molecule has 4 heteroatoms. The molecule has 0 unspecified atom stereocenters. The molecule has 1 saturated carbocycles. The third-order valence-corrected chi connectivity index (χ3v) is 5.96. The number of nitrogens with zero attached hydrogens (tertiary/aromatic N) is 1. The van der Waals surface area contributed by atoms with Crippen molar-refractivity contribution in [3.63, 3.8) is 0 Å². The largest absolute Gasteiger partial charge is 0.396 e. The molecule has 0 aromatic carbocycles. The first kappa shape index (κ1) is 13.5. The van der Waals surface area contributed by atoms with Crippen LogP contribution in [0, 0.1) is 5.92 Å². The monoisotopic (exact) mass is 280 g/mol. The highest BCUT2D eigenvalue weighted by molar-refractivity contribution is 7.11. The Balaban J connectivity index is 1.74. The van der Waals surface area contributed by atoms with E-state index in [4.69, 9.17) is 4.98 Å². The summed E-state index contributed by atoms with van der Waals surface area (Å²) in [6.45, 7) is 2.52. The van der Waals surface area contributed by atoms with E-state index in [1.165, 1.54) is 47.7 Å². The summed E-state index contributed by atoms with van der Waals surface area (Å²) in [5.74, 6) is 0.462. The third-order valence-electron chi connectivity index (χ3n) is 4.61. The first-order chi connectivity index (χ1) is 9.31. The molecule has 19 heavy (non-hydrogen) atoms. The molecule has 0 spiro atoms. The van der Waals surface area contributed by atoms with Crippen LogP contribution in [0.15, 0.2) is 0 Å². The van der Waals surface area contributed by atoms with Gasteiger partial charge in [-0.05, 0) is 44.4 Å². The first-order valence-corrected chi connectivity index (χ1v) is 8.48. The zero-order chi connectivity index (χ0) is 13.2. The van der Waals surface area contributed by atoms with Gasteiger partial charge in [-0.25, -0.2) is 4.98 Å². The van der Waals surface area contributed by atoms with Crippen LogP contribution in [-0.2, 0) is 12.8 Å². The van der Waals surface area contributed by atoms with E-state index in [-0.39, 0.29) is 0 Å². The maximum Gasteiger partial charge on any atom is 0.0928 e. The van der Waals surface area contributed by atoms with Crippen molar-refractivity contribution in [2.45, 2.75) is 64.0 Å². The van der Waals surface area contributed by atoms with Crippen molar-refractivity contribution in [2.24, 2.45) is 5.92 Å². The fourth-order valence-corrected chi connectivity index (χ4v) is 4.66. The molecule has 0 bridgehead atoms. The van der Waals surface area contributed by atoms with Crippen LogP contribution in [0.25, 0.3) is 0 Å². The average molecular weight is 280 g/mol. The topological polar surface area (TPSA) is 45.2 Å². The van der Waals surface area contributed by atoms with E-state index < -0.39 is 0 Å². The number of hydrogen-bond donors (Lipinski definition) is 2. The molecule has 106 valence electrons. The van der Waals surface area contributed by atoms with E-state index in [0.29, 0.717) is 24.6 Å². The fourth-order valence-electron chi connectivity index (χ4n) is 3.51. The van der Waals surface area contributed by atoms with Gasteiger partial charge in [0.25, 0.3) is 0 Å². The van der Waals surface area contributed by atoms with E-state index in [1.54, 1.807) is 0 Å². The summed E-state index contributed by atoms with van der Waals surface area (Å²) in [6.07, 6.45) is 8.32. The number of rotatable bonds is 4. The van der Waals surface area contributed by atoms with Crippen molar-refractivity contribution in [3.8, 4) is 0 Å². The van der Waals surface area contributed by atoms with Crippen LogP contribution in [0.1, 0.15) is 60.6 Å². The Labute approximate surface area is 119 Å². The van der Waals surface area contributed by atoms with Crippen molar-refractivity contribution >= 4 is 11.3 Å². The lowest BCUT2D eigenvalue weighted by molar-refractivity contribution is 0.197. The Kier molecular flexibility index (Phi) is 4.20. The third kappa shape index (κ3) is 2.71. The second-order valence-corrected chi connectivity index (χ2v) is 6.98. The highest BCUT2D eigenvalue weighted by Gasteiger charge is 2.31. The number of aliphatic hydroxyl groups excluding tert-OH is 1. The van der Waals surface area contributed by atoms with Crippen molar-refractivity contribution in [2.75, 3.05) is 6.61 Å². The molecule has 3 atom stereocenters. The Morgan fingerprint density at radius 2 is 2.21 bits per heavy atom. The van der Waals surface area contributed by atoms with Crippen LogP contribution in [0.3, 0.4) is 0 Å². The number of thiazole rings is 1. The minimum absolute atomic E-state index is 0.333. The van der Waals surface area contributed by atoms with Gasteiger partial charge >= 0.3 is 0 Å². The molecular weight excluding hydrogens is 256 g/mol. The summed E-state index contributed by atoms with van der Waals surface area (Å²) in [7, 11) is 0. The summed E-state index contributed by atoms with van der Waals surface area (Å²) in [6, 6.07) is 0.992. The summed E-state index contributed by atoms with van der Waals surface area (Å²) >= 11 is 1.90. The van der Waals surface area contributed by atoms with Gasteiger partial charge in [-0.2, -0.15) is 0 Å². The number of fused-ring (bicyclic) bond motifs is 1. The Morgan fingerprint density at radius 3 is 3.00 bits per heavy atom. The smallest absolute Gasteiger partial charge is 0.0928 e. The lowest BCUT2D eigenvalue weighted by atomic mass is 9.95. The van der Waals surface area contributed by atoms with E-state index >= 15 is 0 Å². The maximum absolute atomic E-state index is 9.45. The molecule has 0 radical (unpaired) electrons. The van der Waals surface area contributed by atoms with Crippen molar-refractivity contribution < 1.29 is 5.11 Å². The zero-order valence-corrected chi connectivity index (χ0v) is 12.5. The van der Waals surface area contributed by atoms with Gasteiger partial charge in [-0.3, -0.25) is 0 Å². The van der Waals surface area contributed by atoms with Gasteiger partial charge in [0, 0.05) is 23.6 Å². The van der Waals surface area contributed by atoms with Gasteiger partial charge in [-0.1, -0.05) is 13.3 Å². The molecule has 2 N–H and O–H groups in total. The molecule has 3 nitrogen and oxygen atoms in total. The quantitative estimate of drug-likeness (QED) is 0.891. The van der Waals surface area contributed by atoms with E-state index in [1.807, 2.05) is 11.3 Å². The number of nitrogens with one attached hydrogen (secondary N) is 1. The minimum atomic E-state index is 0.333. The van der Waals surface area contributed by atoms with Crippen LogP contribution < -0.4 is 5.32 Å². The Morgan fingerprint density at radius 1 is 1.32 bits per heavy atom. The average Bonchev–Trinajstić information content (AvgIpc) is 3.04. The highest BCUT2D eigenvalue weighted by atomic mass is 32.1. The van der Waals surface area contributed by atoms with E-state index in [9.17, 15) is 5.11 Å². The molecule has 2 aliphatic carbocycles. The normalized spacial score (nSPS) is 30.5. The summed E-state index contributed by atoms with van der Waals surface area (Å²) in [5, 5.41) is 14.6. The molecule has 1 aromatic heterocycles.